The normalized spacial score (nSPS) is 14.9. The minimum Gasteiger partial charge on any atom is -0.489 e. The lowest BCUT2D eigenvalue weighted by atomic mass is 10.00. The fraction of sp³-hybridized carbons (Fsp3) is 0.267. The predicted octanol–water partition coefficient (Wildman–Crippen LogP) is 5.84. The summed E-state index contributed by atoms with van der Waals surface area (Å²) >= 11 is 0. The number of imidazole rings is 1. The highest BCUT2D eigenvalue weighted by Crippen LogP contribution is 2.34. The fourth-order valence-electron chi connectivity index (χ4n) is 4.57. The smallest absolute Gasteiger partial charge is 0.150 e. The highest BCUT2D eigenvalue weighted by molar-refractivity contribution is 5.85. The van der Waals surface area contributed by atoms with Gasteiger partial charge in [0.25, 0.3) is 0 Å². The minimum atomic E-state index is -0.635. The van der Waals surface area contributed by atoms with Gasteiger partial charge in [-0.15, -0.1) is 0 Å². The highest BCUT2D eigenvalue weighted by atomic mass is 19.1. The third-order valence-corrected chi connectivity index (χ3v) is 6.49. The van der Waals surface area contributed by atoms with Crippen molar-refractivity contribution in [2.45, 2.75) is 39.2 Å². The quantitative estimate of drug-likeness (QED) is 0.208. The van der Waals surface area contributed by atoms with Crippen LogP contribution in [-0.2, 0) is 16.1 Å². The zero-order valence-corrected chi connectivity index (χ0v) is 22.5. The molecule has 1 aliphatic heterocycles. The number of nitrogens with two attached hydrogens (primary N) is 1. The Labute approximate surface area is 231 Å². The van der Waals surface area contributed by atoms with Crippen molar-refractivity contribution < 1.29 is 18.6 Å². The molecule has 2 N–H and O–H groups in total. The third-order valence-electron chi connectivity index (χ3n) is 6.49. The fourth-order valence-corrected chi connectivity index (χ4v) is 4.57. The first kappa shape index (κ1) is 27.0. The summed E-state index contributed by atoms with van der Waals surface area (Å²) in [6, 6.07) is 7.55. The number of hydrogen-bond acceptors (Lipinski definition) is 8. The van der Waals surface area contributed by atoms with Crippen LogP contribution in [0.1, 0.15) is 42.9 Å². The van der Waals surface area contributed by atoms with E-state index in [1.807, 2.05) is 34.9 Å². The molecule has 5 rings (SSSR count). The molecular formula is C30H31FN6O3. The standard InChI is InChI=1S/C30H31FN6O3/c1-19(31)14-26(39-18-22-16-34-21(3)35-17-22)15-20(2)40-25-6-4-23(5-7-25)27-28-29(32)33-10-11-37(28)30(36-27)24-8-12-38-13-9-24/h4-7,10-11,14-17,24H,1,8-9,12-13,18H2,2-3H3,(H2,32,33). The summed E-state index contributed by atoms with van der Waals surface area (Å²) in [5.74, 6) is 3.06. The molecule has 4 heterocycles. The first-order chi connectivity index (χ1) is 19.4. The van der Waals surface area contributed by atoms with Crippen molar-refractivity contribution in [1.29, 1.82) is 0 Å². The number of aryl methyl sites for hydroxylation is 1. The third kappa shape index (κ3) is 6.35. The van der Waals surface area contributed by atoms with Crippen LogP contribution < -0.4 is 10.5 Å². The van der Waals surface area contributed by atoms with Crippen LogP contribution in [-0.4, -0.2) is 37.6 Å². The Balaban J connectivity index is 1.34. The largest absolute Gasteiger partial charge is 0.489 e. The van der Waals surface area contributed by atoms with Crippen LogP contribution in [0.2, 0.25) is 0 Å². The van der Waals surface area contributed by atoms with Crippen molar-refractivity contribution in [3.63, 3.8) is 0 Å². The van der Waals surface area contributed by atoms with Crippen molar-refractivity contribution in [2.24, 2.45) is 0 Å². The van der Waals surface area contributed by atoms with Gasteiger partial charge in [-0.25, -0.2) is 24.3 Å². The maximum Gasteiger partial charge on any atom is 0.150 e. The van der Waals surface area contributed by atoms with Gasteiger partial charge in [-0.3, -0.25) is 4.40 Å². The van der Waals surface area contributed by atoms with Crippen LogP contribution in [0.25, 0.3) is 16.8 Å². The van der Waals surface area contributed by atoms with Crippen molar-refractivity contribution in [2.75, 3.05) is 18.9 Å². The first-order valence-electron chi connectivity index (χ1n) is 13.0. The van der Waals surface area contributed by atoms with E-state index >= 15 is 0 Å². The van der Waals surface area contributed by atoms with Crippen LogP contribution in [0.3, 0.4) is 0 Å². The summed E-state index contributed by atoms with van der Waals surface area (Å²) in [6.07, 6.45) is 11.6. The van der Waals surface area contributed by atoms with Crippen molar-refractivity contribution >= 4 is 11.3 Å². The second kappa shape index (κ2) is 12.1. The number of nitrogen functional groups attached to an aromatic ring is 1. The highest BCUT2D eigenvalue weighted by Gasteiger charge is 2.24. The molecule has 0 saturated carbocycles. The molecule has 0 aliphatic carbocycles. The first-order valence-corrected chi connectivity index (χ1v) is 13.0. The van der Waals surface area contributed by atoms with Gasteiger partial charge in [0.2, 0.25) is 0 Å². The molecule has 206 valence electrons. The molecule has 4 aromatic rings. The van der Waals surface area contributed by atoms with Gasteiger partial charge < -0.3 is 19.9 Å². The molecule has 10 heteroatoms. The molecular weight excluding hydrogens is 511 g/mol. The van der Waals surface area contributed by atoms with Crippen LogP contribution in [0.4, 0.5) is 10.2 Å². The lowest BCUT2D eigenvalue weighted by molar-refractivity contribution is 0.0835. The molecule has 40 heavy (non-hydrogen) atoms. The molecule has 0 amide bonds. The Morgan fingerprint density at radius 3 is 2.58 bits per heavy atom. The van der Waals surface area contributed by atoms with E-state index in [-0.39, 0.29) is 18.3 Å². The monoisotopic (exact) mass is 542 g/mol. The van der Waals surface area contributed by atoms with E-state index in [1.165, 1.54) is 6.08 Å². The lowest BCUT2D eigenvalue weighted by Gasteiger charge is -2.20. The number of rotatable bonds is 9. The number of aromatic nitrogens is 5. The molecule has 1 saturated heterocycles. The molecule has 0 spiro atoms. The molecule has 0 radical (unpaired) electrons. The maximum absolute atomic E-state index is 13.6. The molecule has 0 unspecified atom stereocenters. The van der Waals surface area contributed by atoms with E-state index in [0.717, 1.165) is 54.2 Å². The molecule has 1 aliphatic rings. The summed E-state index contributed by atoms with van der Waals surface area (Å²) in [5.41, 5.74) is 9.50. The van der Waals surface area contributed by atoms with Gasteiger partial charge in [0, 0.05) is 67.2 Å². The van der Waals surface area contributed by atoms with Gasteiger partial charge in [0.1, 0.15) is 58.4 Å². The van der Waals surface area contributed by atoms with E-state index in [0.29, 0.717) is 23.2 Å². The van der Waals surface area contributed by atoms with E-state index in [4.69, 9.17) is 24.9 Å². The average Bonchev–Trinajstić information content (AvgIpc) is 3.34. The number of nitrogens with zero attached hydrogens (tertiary/aromatic N) is 5. The SMILES string of the molecule is C=C(F)C=C(C=C(C)Oc1ccc(-c2nc(C3CCOCC3)n3ccnc(N)c23)cc1)OCc1cnc(C)nc1. The van der Waals surface area contributed by atoms with Gasteiger partial charge in [-0.2, -0.15) is 0 Å². The van der Waals surface area contributed by atoms with Gasteiger partial charge in [-0.05, 0) is 51.0 Å². The summed E-state index contributed by atoms with van der Waals surface area (Å²) in [5, 5.41) is 0. The zero-order valence-electron chi connectivity index (χ0n) is 22.5. The number of ether oxygens (including phenoxy) is 3. The molecule has 3 aromatic heterocycles. The Morgan fingerprint density at radius 1 is 1.15 bits per heavy atom. The zero-order chi connectivity index (χ0) is 28.1. The second-order valence-corrected chi connectivity index (χ2v) is 9.54. The molecule has 9 nitrogen and oxygen atoms in total. The molecule has 0 bridgehead atoms. The summed E-state index contributed by atoms with van der Waals surface area (Å²) in [6.45, 7) is 8.47. The van der Waals surface area contributed by atoms with E-state index in [9.17, 15) is 4.39 Å². The Kier molecular flexibility index (Phi) is 8.16. The van der Waals surface area contributed by atoms with Crippen molar-refractivity contribution in [1.82, 2.24) is 24.3 Å². The Bertz CT molecular complexity index is 1560. The van der Waals surface area contributed by atoms with E-state index in [2.05, 4.69) is 21.5 Å². The molecule has 0 atom stereocenters. The van der Waals surface area contributed by atoms with Crippen LogP contribution >= 0.6 is 0 Å². The number of allylic oxidation sites excluding steroid dienone is 4. The summed E-state index contributed by atoms with van der Waals surface area (Å²) in [4.78, 5) is 17.6. The lowest BCUT2D eigenvalue weighted by Crippen LogP contribution is -2.16. The molecule has 1 aromatic carbocycles. The number of fused-ring (bicyclic) bond motifs is 1. The van der Waals surface area contributed by atoms with Crippen LogP contribution in [0, 0.1) is 6.92 Å². The van der Waals surface area contributed by atoms with Crippen molar-refractivity contribution in [3.05, 3.63) is 102 Å². The number of benzene rings is 1. The predicted molar refractivity (Wildman–Crippen MR) is 150 cm³/mol. The minimum absolute atomic E-state index is 0.171. The number of halogens is 1. The van der Waals surface area contributed by atoms with Gasteiger partial charge >= 0.3 is 0 Å². The Morgan fingerprint density at radius 2 is 1.88 bits per heavy atom. The topological polar surface area (TPSA) is 110 Å². The van der Waals surface area contributed by atoms with Crippen LogP contribution in [0.5, 0.6) is 5.75 Å². The maximum atomic E-state index is 13.6. The Hall–Kier alpha value is -4.57. The van der Waals surface area contributed by atoms with E-state index < -0.39 is 5.83 Å². The second-order valence-electron chi connectivity index (χ2n) is 9.54. The summed E-state index contributed by atoms with van der Waals surface area (Å²) < 4.78 is 32.9. The van der Waals surface area contributed by atoms with Crippen molar-refractivity contribution in [3.8, 4) is 17.0 Å². The van der Waals surface area contributed by atoms with Gasteiger partial charge in [-0.1, -0.05) is 6.58 Å². The van der Waals surface area contributed by atoms with Gasteiger partial charge in [0.15, 0.2) is 0 Å². The molecule has 1 fully saturated rings. The number of anilines is 1. The average molecular weight is 543 g/mol. The van der Waals surface area contributed by atoms with Gasteiger partial charge in [0.05, 0.1) is 0 Å². The summed E-state index contributed by atoms with van der Waals surface area (Å²) in [7, 11) is 0. The number of hydrogen-bond donors (Lipinski definition) is 1. The van der Waals surface area contributed by atoms with E-state index in [1.54, 1.807) is 38.5 Å². The van der Waals surface area contributed by atoms with Crippen LogP contribution in [0.15, 0.2) is 85.1 Å².